The second kappa shape index (κ2) is 6.98. The molecule has 1 aliphatic rings. The summed E-state index contributed by atoms with van der Waals surface area (Å²) < 4.78 is 5.11. The van der Waals surface area contributed by atoms with Crippen LogP contribution in [0.2, 0.25) is 5.02 Å². The number of carbonyl (C=O) groups excluding carboxylic acids is 1. The summed E-state index contributed by atoms with van der Waals surface area (Å²) >= 11 is 6.07. The molecule has 110 valence electrons. The molecule has 2 rings (SSSR count). The summed E-state index contributed by atoms with van der Waals surface area (Å²) in [6, 6.07) is 6.03. The van der Waals surface area contributed by atoms with Crippen molar-refractivity contribution in [1.82, 2.24) is 5.32 Å². The van der Waals surface area contributed by atoms with E-state index in [-0.39, 0.29) is 5.91 Å². The van der Waals surface area contributed by atoms with E-state index in [0.29, 0.717) is 29.7 Å². The summed E-state index contributed by atoms with van der Waals surface area (Å²) in [5.74, 6) is 1.54. The lowest BCUT2D eigenvalue weighted by atomic mass is 10.1. The van der Waals surface area contributed by atoms with E-state index in [9.17, 15) is 4.79 Å². The first-order valence-corrected chi connectivity index (χ1v) is 7.58. The van der Waals surface area contributed by atoms with Crippen LogP contribution in [0.15, 0.2) is 18.2 Å². The highest BCUT2D eigenvalue weighted by atomic mass is 35.5. The Labute approximate surface area is 125 Å². The Hall–Kier alpha value is -1.22. The van der Waals surface area contributed by atoms with Crippen LogP contribution in [-0.2, 0) is 11.2 Å². The minimum Gasteiger partial charge on any atom is -0.495 e. The fourth-order valence-electron chi connectivity index (χ4n) is 2.76. The molecule has 0 radical (unpaired) electrons. The van der Waals surface area contributed by atoms with Gasteiger partial charge in [0, 0.05) is 12.5 Å². The number of benzene rings is 1. The van der Waals surface area contributed by atoms with Crippen LogP contribution in [0.4, 0.5) is 0 Å². The van der Waals surface area contributed by atoms with Crippen molar-refractivity contribution in [3.63, 3.8) is 0 Å². The van der Waals surface area contributed by atoms with Crippen LogP contribution in [0.1, 0.15) is 38.2 Å². The SMILES string of the molecule is COc1ccc(CCC(=O)NC2CCC(C)C2)cc1Cl. The lowest BCUT2D eigenvalue weighted by Crippen LogP contribution is -2.32. The molecular weight excluding hydrogens is 274 g/mol. The summed E-state index contributed by atoms with van der Waals surface area (Å²) in [4.78, 5) is 11.9. The number of ether oxygens (including phenoxy) is 1. The molecule has 0 heterocycles. The minimum atomic E-state index is 0.135. The molecule has 1 aromatic rings. The van der Waals surface area contributed by atoms with Gasteiger partial charge in [0.2, 0.25) is 5.91 Å². The first-order valence-electron chi connectivity index (χ1n) is 7.20. The predicted molar refractivity (Wildman–Crippen MR) is 81.3 cm³/mol. The van der Waals surface area contributed by atoms with E-state index in [4.69, 9.17) is 16.3 Å². The molecule has 1 N–H and O–H groups in total. The van der Waals surface area contributed by atoms with E-state index in [1.807, 2.05) is 18.2 Å². The van der Waals surface area contributed by atoms with Crippen molar-refractivity contribution >= 4 is 17.5 Å². The Morgan fingerprint density at radius 3 is 2.85 bits per heavy atom. The summed E-state index contributed by atoms with van der Waals surface area (Å²) in [7, 11) is 1.59. The lowest BCUT2D eigenvalue weighted by Gasteiger charge is -2.12. The fraction of sp³-hybridized carbons (Fsp3) is 0.562. The molecule has 0 aromatic heterocycles. The summed E-state index contributed by atoms with van der Waals surface area (Å²) in [5.41, 5.74) is 1.06. The first kappa shape index (κ1) is 15.2. The molecule has 0 spiro atoms. The Morgan fingerprint density at radius 2 is 2.25 bits per heavy atom. The third-order valence-electron chi connectivity index (χ3n) is 3.92. The number of nitrogens with one attached hydrogen (secondary N) is 1. The Bertz CT molecular complexity index is 476. The van der Waals surface area contributed by atoms with Crippen molar-refractivity contribution in [2.45, 2.75) is 45.1 Å². The van der Waals surface area contributed by atoms with Crippen molar-refractivity contribution in [1.29, 1.82) is 0 Å². The Morgan fingerprint density at radius 1 is 1.45 bits per heavy atom. The highest BCUT2D eigenvalue weighted by Gasteiger charge is 2.22. The van der Waals surface area contributed by atoms with Crippen molar-refractivity contribution in [2.75, 3.05) is 7.11 Å². The molecule has 0 aliphatic heterocycles. The van der Waals surface area contributed by atoms with Gasteiger partial charge in [0.1, 0.15) is 5.75 Å². The van der Waals surface area contributed by atoms with E-state index in [1.165, 1.54) is 6.42 Å². The van der Waals surface area contributed by atoms with Crippen LogP contribution in [0, 0.1) is 5.92 Å². The number of amides is 1. The normalized spacial score (nSPS) is 21.8. The van der Waals surface area contributed by atoms with Gasteiger partial charge in [-0.2, -0.15) is 0 Å². The van der Waals surface area contributed by atoms with Gasteiger partial charge in [0.15, 0.2) is 0 Å². The average Bonchev–Trinajstić information content (AvgIpc) is 2.82. The van der Waals surface area contributed by atoms with Crippen molar-refractivity contribution in [3.05, 3.63) is 28.8 Å². The lowest BCUT2D eigenvalue weighted by molar-refractivity contribution is -0.121. The van der Waals surface area contributed by atoms with Crippen molar-refractivity contribution in [2.24, 2.45) is 5.92 Å². The predicted octanol–water partition coefficient (Wildman–Crippen LogP) is 3.59. The molecule has 0 saturated heterocycles. The summed E-state index contributed by atoms with van der Waals surface area (Å²) in [6.07, 6.45) is 4.66. The maximum atomic E-state index is 11.9. The van der Waals surface area contributed by atoms with Gasteiger partial charge < -0.3 is 10.1 Å². The average molecular weight is 296 g/mol. The Kier molecular flexibility index (Phi) is 5.30. The van der Waals surface area contributed by atoms with Crippen LogP contribution in [0.3, 0.4) is 0 Å². The van der Waals surface area contributed by atoms with E-state index in [1.54, 1.807) is 7.11 Å². The van der Waals surface area contributed by atoms with E-state index in [2.05, 4.69) is 12.2 Å². The summed E-state index contributed by atoms with van der Waals surface area (Å²) in [5, 5.41) is 3.71. The molecule has 2 atom stereocenters. The molecule has 1 fully saturated rings. The maximum absolute atomic E-state index is 11.9. The minimum absolute atomic E-state index is 0.135. The van der Waals surface area contributed by atoms with Gasteiger partial charge in [0.05, 0.1) is 12.1 Å². The van der Waals surface area contributed by atoms with Gasteiger partial charge >= 0.3 is 0 Å². The van der Waals surface area contributed by atoms with Crippen molar-refractivity contribution < 1.29 is 9.53 Å². The van der Waals surface area contributed by atoms with Crippen molar-refractivity contribution in [3.8, 4) is 5.75 Å². The van der Waals surface area contributed by atoms with Crippen LogP contribution >= 0.6 is 11.6 Å². The second-order valence-corrected chi connectivity index (χ2v) is 6.06. The fourth-order valence-corrected chi connectivity index (χ4v) is 3.04. The van der Waals surface area contributed by atoms with Gasteiger partial charge in [0.25, 0.3) is 0 Å². The highest BCUT2D eigenvalue weighted by molar-refractivity contribution is 6.32. The molecular formula is C16H22ClNO2. The number of halogens is 1. The molecule has 2 unspecified atom stereocenters. The molecule has 20 heavy (non-hydrogen) atoms. The second-order valence-electron chi connectivity index (χ2n) is 5.65. The zero-order valence-corrected chi connectivity index (χ0v) is 12.9. The molecule has 3 nitrogen and oxygen atoms in total. The van der Waals surface area contributed by atoms with Gasteiger partial charge in [-0.1, -0.05) is 24.6 Å². The molecule has 1 amide bonds. The number of methoxy groups -OCH3 is 1. The van der Waals surface area contributed by atoms with E-state index >= 15 is 0 Å². The number of rotatable bonds is 5. The first-order chi connectivity index (χ1) is 9.58. The van der Waals surface area contributed by atoms with Crippen LogP contribution < -0.4 is 10.1 Å². The van der Waals surface area contributed by atoms with Gasteiger partial charge in [-0.05, 0) is 49.3 Å². The standard InChI is InChI=1S/C16H22ClNO2/c1-11-3-6-13(9-11)18-16(19)8-5-12-4-7-15(20-2)14(17)10-12/h4,7,10-11,13H,3,5-6,8-9H2,1-2H3,(H,18,19). The van der Waals surface area contributed by atoms with Gasteiger partial charge in [-0.3, -0.25) is 4.79 Å². The van der Waals surface area contributed by atoms with E-state index in [0.717, 1.165) is 24.3 Å². The number of hydrogen-bond acceptors (Lipinski definition) is 2. The number of hydrogen-bond donors (Lipinski definition) is 1. The van der Waals surface area contributed by atoms with Gasteiger partial charge in [-0.25, -0.2) is 0 Å². The zero-order chi connectivity index (χ0) is 14.5. The third kappa shape index (κ3) is 4.14. The van der Waals surface area contributed by atoms with E-state index < -0.39 is 0 Å². The summed E-state index contributed by atoms with van der Waals surface area (Å²) in [6.45, 7) is 2.24. The quantitative estimate of drug-likeness (QED) is 0.901. The smallest absolute Gasteiger partial charge is 0.220 e. The Balaban J connectivity index is 1.79. The third-order valence-corrected chi connectivity index (χ3v) is 4.21. The maximum Gasteiger partial charge on any atom is 0.220 e. The topological polar surface area (TPSA) is 38.3 Å². The molecule has 1 aliphatic carbocycles. The van der Waals surface area contributed by atoms with Gasteiger partial charge in [-0.15, -0.1) is 0 Å². The molecule has 1 saturated carbocycles. The number of aryl methyl sites for hydroxylation is 1. The molecule has 0 bridgehead atoms. The van der Waals surface area contributed by atoms with Crippen LogP contribution in [0.25, 0.3) is 0 Å². The molecule has 1 aromatic carbocycles. The highest BCUT2D eigenvalue weighted by Crippen LogP contribution is 2.26. The van der Waals surface area contributed by atoms with Crippen LogP contribution in [-0.4, -0.2) is 19.1 Å². The monoisotopic (exact) mass is 295 g/mol. The molecule has 4 heteroatoms. The zero-order valence-electron chi connectivity index (χ0n) is 12.1. The van der Waals surface area contributed by atoms with Crippen LogP contribution in [0.5, 0.6) is 5.75 Å². The number of carbonyl (C=O) groups is 1. The largest absolute Gasteiger partial charge is 0.495 e.